The van der Waals surface area contributed by atoms with Gasteiger partial charge in [-0.25, -0.2) is 4.79 Å². The first-order chi connectivity index (χ1) is 17.6. The van der Waals surface area contributed by atoms with E-state index in [-0.39, 0.29) is 46.2 Å². The van der Waals surface area contributed by atoms with Gasteiger partial charge >= 0.3 is 12.2 Å². The molecule has 0 spiro atoms. The van der Waals surface area contributed by atoms with Crippen molar-refractivity contribution in [3.63, 3.8) is 0 Å². The third kappa shape index (κ3) is 7.69. The zero-order valence-electron chi connectivity index (χ0n) is 19.5. The molecule has 0 aliphatic rings. The molecule has 0 saturated carbocycles. The summed E-state index contributed by atoms with van der Waals surface area (Å²) in [7, 11) is 1.48. The molecule has 196 valence electrons. The molecule has 13 heteroatoms. The van der Waals surface area contributed by atoms with Crippen LogP contribution in [-0.2, 0) is 10.6 Å². The molecular formula is C24H23F3IN5O4. The predicted octanol–water partition coefficient (Wildman–Crippen LogP) is 5.17. The fourth-order valence-corrected chi connectivity index (χ4v) is 3.80. The normalized spacial score (nSPS) is 11.0. The molecule has 0 aliphatic carbocycles. The standard InChI is InChI=1S/C24H23F3IN5O4/c1-30-22(34)20-11-17(5-7-31-20)37-16-4-2-3-15(10-16)32-23(35)33-19-12-18(24(25,26)27)14(13-28)9-21(19)36-8-6-29/h2-5,7,9-12H,6,8,13,29H2,1H3,(H,30,34)(H2,32,33,35). The molecule has 3 amide bonds. The van der Waals surface area contributed by atoms with Gasteiger partial charge in [0.1, 0.15) is 29.5 Å². The van der Waals surface area contributed by atoms with Crippen LogP contribution in [0.3, 0.4) is 0 Å². The fraction of sp³-hybridized carbons (Fsp3) is 0.208. The molecule has 9 nitrogen and oxygen atoms in total. The number of hydrogen-bond acceptors (Lipinski definition) is 6. The number of ether oxygens (including phenoxy) is 2. The molecule has 3 aromatic rings. The Morgan fingerprint density at radius 3 is 2.51 bits per heavy atom. The molecule has 0 atom stereocenters. The minimum Gasteiger partial charge on any atom is -0.490 e. The maximum absolute atomic E-state index is 13.6. The number of pyridine rings is 1. The number of rotatable bonds is 9. The van der Waals surface area contributed by atoms with Gasteiger partial charge in [-0.15, -0.1) is 0 Å². The average Bonchev–Trinajstić information content (AvgIpc) is 2.87. The molecular weight excluding hydrogens is 606 g/mol. The van der Waals surface area contributed by atoms with Crippen molar-refractivity contribution in [3.8, 4) is 17.2 Å². The van der Waals surface area contributed by atoms with Crippen LogP contribution in [0.25, 0.3) is 0 Å². The summed E-state index contributed by atoms with van der Waals surface area (Å²) in [6.45, 7) is 0.194. The Labute approximate surface area is 224 Å². The minimum atomic E-state index is -4.61. The summed E-state index contributed by atoms with van der Waals surface area (Å²) >= 11 is 1.83. The van der Waals surface area contributed by atoms with Gasteiger partial charge in [0.15, 0.2) is 0 Å². The van der Waals surface area contributed by atoms with Crippen LogP contribution in [0.1, 0.15) is 21.6 Å². The molecule has 0 bridgehead atoms. The fourth-order valence-electron chi connectivity index (χ4n) is 3.17. The SMILES string of the molecule is CNC(=O)c1cc(Oc2cccc(NC(=O)Nc3cc(C(F)(F)F)c(CI)cc3OCCN)c2)ccn1. The monoisotopic (exact) mass is 629 g/mol. The molecule has 1 heterocycles. The van der Waals surface area contributed by atoms with E-state index < -0.39 is 17.8 Å². The first-order valence-corrected chi connectivity index (χ1v) is 12.3. The van der Waals surface area contributed by atoms with E-state index in [0.717, 1.165) is 6.07 Å². The number of alkyl halides is 4. The lowest BCUT2D eigenvalue weighted by molar-refractivity contribution is -0.138. The van der Waals surface area contributed by atoms with Crippen molar-refractivity contribution >= 4 is 45.9 Å². The van der Waals surface area contributed by atoms with Gasteiger partial charge in [0.05, 0.1) is 11.3 Å². The van der Waals surface area contributed by atoms with Gasteiger partial charge < -0.3 is 31.2 Å². The van der Waals surface area contributed by atoms with Crippen molar-refractivity contribution in [1.29, 1.82) is 0 Å². The van der Waals surface area contributed by atoms with Crippen molar-refractivity contribution in [3.05, 3.63) is 71.5 Å². The summed E-state index contributed by atoms with van der Waals surface area (Å²) < 4.78 is 52.0. The Kier molecular flexibility index (Phi) is 9.52. The summed E-state index contributed by atoms with van der Waals surface area (Å²) in [5.74, 6) is 0.367. The van der Waals surface area contributed by atoms with E-state index in [9.17, 15) is 22.8 Å². The highest BCUT2D eigenvalue weighted by Crippen LogP contribution is 2.39. The van der Waals surface area contributed by atoms with E-state index in [1.165, 1.54) is 31.4 Å². The van der Waals surface area contributed by atoms with Crippen LogP contribution in [0.15, 0.2) is 54.7 Å². The van der Waals surface area contributed by atoms with Crippen LogP contribution >= 0.6 is 22.6 Å². The first kappa shape index (κ1) is 28.0. The van der Waals surface area contributed by atoms with E-state index in [4.69, 9.17) is 15.2 Å². The second-order valence-electron chi connectivity index (χ2n) is 7.44. The van der Waals surface area contributed by atoms with Gasteiger partial charge in [-0.1, -0.05) is 28.7 Å². The predicted molar refractivity (Wildman–Crippen MR) is 141 cm³/mol. The maximum Gasteiger partial charge on any atom is 0.416 e. The summed E-state index contributed by atoms with van der Waals surface area (Å²) in [4.78, 5) is 28.4. The molecule has 37 heavy (non-hydrogen) atoms. The van der Waals surface area contributed by atoms with Gasteiger partial charge in [0, 0.05) is 42.0 Å². The molecule has 0 aliphatic heterocycles. The summed E-state index contributed by atoms with van der Waals surface area (Å²) in [5.41, 5.74) is 4.91. The van der Waals surface area contributed by atoms with Gasteiger partial charge in [-0.2, -0.15) is 13.2 Å². The third-order valence-electron chi connectivity index (χ3n) is 4.80. The topological polar surface area (TPSA) is 128 Å². The van der Waals surface area contributed by atoms with Gasteiger partial charge in [-0.05, 0) is 35.9 Å². The molecule has 3 rings (SSSR count). The van der Waals surface area contributed by atoms with Crippen molar-refractivity contribution in [1.82, 2.24) is 10.3 Å². The Morgan fingerprint density at radius 1 is 1.08 bits per heavy atom. The van der Waals surface area contributed by atoms with E-state index in [2.05, 4.69) is 20.9 Å². The number of anilines is 2. The number of halogens is 4. The van der Waals surface area contributed by atoms with Crippen molar-refractivity contribution in [2.45, 2.75) is 10.6 Å². The van der Waals surface area contributed by atoms with E-state index in [0.29, 0.717) is 17.2 Å². The van der Waals surface area contributed by atoms with Gasteiger partial charge in [-0.3, -0.25) is 9.78 Å². The summed E-state index contributed by atoms with van der Waals surface area (Å²) in [5, 5.41) is 7.44. The second-order valence-corrected chi connectivity index (χ2v) is 8.20. The summed E-state index contributed by atoms with van der Waals surface area (Å²) in [6.07, 6.45) is -3.20. The van der Waals surface area contributed by atoms with E-state index in [1.54, 1.807) is 24.3 Å². The average molecular weight is 629 g/mol. The highest BCUT2D eigenvalue weighted by atomic mass is 127. The van der Waals surface area contributed by atoms with Crippen molar-refractivity contribution in [2.75, 3.05) is 30.8 Å². The second kappa shape index (κ2) is 12.6. The number of nitrogens with zero attached hydrogens (tertiary/aromatic N) is 1. The molecule has 2 aromatic carbocycles. The van der Waals surface area contributed by atoms with Gasteiger partial charge in [0.2, 0.25) is 0 Å². The molecule has 5 N–H and O–H groups in total. The van der Waals surface area contributed by atoms with Crippen LogP contribution < -0.4 is 31.2 Å². The quantitative estimate of drug-likeness (QED) is 0.191. The number of hydrogen-bond donors (Lipinski definition) is 4. The number of carbonyl (C=O) groups is 2. The Morgan fingerprint density at radius 2 is 1.84 bits per heavy atom. The van der Waals surface area contributed by atoms with Crippen LogP contribution in [0.2, 0.25) is 0 Å². The lowest BCUT2D eigenvalue weighted by Crippen LogP contribution is -2.21. The number of urea groups is 1. The first-order valence-electron chi connectivity index (χ1n) is 10.8. The van der Waals surface area contributed by atoms with Crippen LogP contribution in [0, 0.1) is 0 Å². The molecule has 1 aromatic heterocycles. The molecule has 0 fully saturated rings. The zero-order chi connectivity index (χ0) is 27.0. The number of amides is 3. The smallest absolute Gasteiger partial charge is 0.416 e. The van der Waals surface area contributed by atoms with E-state index >= 15 is 0 Å². The molecule has 0 saturated heterocycles. The number of carbonyl (C=O) groups excluding carboxylic acids is 2. The van der Waals surface area contributed by atoms with Crippen LogP contribution in [-0.4, -0.2) is 37.1 Å². The number of nitrogens with one attached hydrogen (secondary N) is 3. The van der Waals surface area contributed by atoms with Crippen LogP contribution in [0.5, 0.6) is 17.2 Å². The molecule has 0 unspecified atom stereocenters. The maximum atomic E-state index is 13.6. The van der Waals surface area contributed by atoms with Gasteiger partial charge in [0.25, 0.3) is 5.91 Å². The van der Waals surface area contributed by atoms with Crippen molar-refractivity contribution < 1.29 is 32.2 Å². The Bertz CT molecular complexity index is 1270. The Hall–Kier alpha value is -3.59. The highest BCUT2D eigenvalue weighted by molar-refractivity contribution is 14.1. The van der Waals surface area contributed by atoms with E-state index in [1.807, 2.05) is 22.6 Å². The van der Waals surface area contributed by atoms with Crippen molar-refractivity contribution in [2.24, 2.45) is 5.73 Å². The summed E-state index contributed by atoms with van der Waals surface area (Å²) in [6, 6.07) is 10.6. The number of benzene rings is 2. The Balaban J connectivity index is 1.78. The molecule has 0 radical (unpaired) electrons. The zero-order valence-corrected chi connectivity index (χ0v) is 21.6. The highest BCUT2D eigenvalue weighted by Gasteiger charge is 2.34. The largest absolute Gasteiger partial charge is 0.490 e. The van der Waals surface area contributed by atoms with Crippen LogP contribution in [0.4, 0.5) is 29.3 Å². The number of aromatic nitrogens is 1. The lowest BCUT2D eigenvalue weighted by atomic mass is 10.1. The minimum absolute atomic E-state index is 0.0200. The third-order valence-corrected chi connectivity index (χ3v) is 5.62. The number of nitrogens with two attached hydrogens (primary N) is 1. The lowest BCUT2D eigenvalue weighted by Gasteiger charge is -2.18.